The van der Waals surface area contributed by atoms with Crippen molar-refractivity contribution < 1.29 is 34.3 Å². The van der Waals surface area contributed by atoms with Crippen molar-refractivity contribution in [3.8, 4) is 34.4 Å². The van der Waals surface area contributed by atoms with Crippen LogP contribution in [0.4, 0.5) is 0 Å². The maximum absolute atomic E-state index is 11.4. The number of pyridine rings is 1. The van der Waals surface area contributed by atoms with Crippen LogP contribution >= 0.6 is 11.6 Å². The number of nitriles is 1. The van der Waals surface area contributed by atoms with Crippen molar-refractivity contribution in [2.24, 2.45) is 5.92 Å². The molecule has 1 fully saturated rings. The van der Waals surface area contributed by atoms with Crippen LogP contribution in [0.15, 0.2) is 97.3 Å². The lowest BCUT2D eigenvalue weighted by atomic mass is 9.93. The Labute approximate surface area is 344 Å². The van der Waals surface area contributed by atoms with Gasteiger partial charge in [-0.2, -0.15) is 5.26 Å². The number of likely N-dealkylation sites (tertiary alicyclic amines) is 1. The molecule has 0 aliphatic carbocycles. The first-order valence-electron chi connectivity index (χ1n) is 19.4. The lowest BCUT2D eigenvalue weighted by Gasteiger charge is -2.24. The maximum Gasteiger partial charge on any atom is 0.310 e. The molecule has 5 aromatic rings. The third-order valence-corrected chi connectivity index (χ3v) is 10.9. The minimum Gasteiger partial charge on any atom is -0.493 e. The van der Waals surface area contributed by atoms with Crippen LogP contribution in [0.3, 0.4) is 0 Å². The van der Waals surface area contributed by atoms with Gasteiger partial charge in [0.1, 0.15) is 42.1 Å². The van der Waals surface area contributed by atoms with Crippen LogP contribution in [0.5, 0.6) is 17.2 Å². The maximum atomic E-state index is 11.4. The van der Waals surface area contributed by atoms with Crippen molar-refractivity contribution in [2.75, 3.05) is 39.4 Å². The molecule has 1 aromatic heterocycles. The highest BCUT2D eigenvalue weighted by atomic mass is 35.5. The standard InChI is InChI=1S/C46H49ClN4O7/c1-31-35(29-58-44-21-43(57-28-34-19-33(22-48)23-49-24-34)36(20-41(44)47)25-50-26-37(27-52)45(53)54)9-6-12-39(31)40-13-7-14-42(32(40)2)56-18-8-16-51-17-15-46(55,30-51)38-10-4-3-5-11-38/h3-7,9-14,19-21,23-24,37,50,52,55H,8,15-18,25-30H2,1-2H3,(H,53,54)/t37-,46?/m0/s1. The number of aliphatic carboxylic acids is 1. The summed E-state index contributed by atoms with van der Waals surface area (Å²) in [4.78, 5) is 17.8. The van der Waals surface area contributed by atoms with E-state index in [2.05, 4.69) is 47.3 Å². The predicted octanol–water partition coefficient (Wildman–Crippen LogP) is 7.19. The van der Waals surface area contributed by atoms with E-state index in [1.807, 2.05) is 54.6 Å². The van der Waals surface area contributed by atoms with Gasteiger partial charge in [0.05, 0.1) is 29.7 Å². The van der Waals surface area contributed by atoms with Crippen molar-refractivity contribution in [1.29, 1.82) is 5.26 Å². The average Bonchev–Trinajstić information content (AvgIpc) is 3.63. The molecule has 4 aromatic carbocycles. The Morgan fingerprint density at radius 3 is 2.45 bits per heavy atom. The molecule has 1 aliphatic heterocycles. The Morgan fingerprint density at radius 1 is 0.931 bits per heavy atom. The second-order valence-corrected chi connectivity index (χ2v) is 15.1. The molecule has 1 saturated heterocycles. The van der Waals surface area contributed by atoms with Crippen molar-refractivity contribution in [2.45, 2.75) is 52.0 Å². The van der Waals surface area contributed by atoms with Gasteiger partial charge in [0.15, 0.2) is 0 Å². The van der Waals surface area contributed by atoms with E-state index in [1.54, 1.807) is 24.4 Å². The Hall–Kier alpha value is -5.48. The highest BCUT2D eigenvalue weighted by Crippen LogP contribution is 2.37. The number of carboxylic acids is 1. The molecule has 0 amide bonds. The Balaban J connectivity index is 1.11. The number of ether oxygens (including phenoxy) is 3. The molecule has 0 saturated carbocycles. The summed E-state index contributed by atoms with van der Waals surface area (Å²) in [5.41, 5.74) is 7.12. The number of aliphatic hydroxyl groups excluding tert-OH is 1. The molecule has 12 heteroatoms. The third-order valence-electron chi connectivity index (χ3n) is 10.6. The number of nitrogens with one attached hydrogen (secondary N) is 1. The van der Waals surface area contributed by atoms with E-state index >= 15 is 0 Å². The van der Waals surface area contributed by atoms with Crippen LogP contribution in [-0.4, -0.2) is 70.6 Å². The smallest absolute Gasteiger partial charge is 0.310 e. The summed E-state index contributed by atoms with van der Waals surface area (Å²) < 4.78 is 18.8. The molecule has 2 heterocycles. The number of carboxylic acid groups (broad SMARTS) is 1. The fourth-order valence-electron chi connectivity index (χ4n) is 7.22. The average molecular weight is 805 g/mol. The van der Waals surface area contributed by atoms with E-state index < -0.39 is 24.1 Å². The van der Waals surface area contributed by atoms with Crippen LogP contribution in [0, 0.1) is 31.1 Å². The summed E-state index contributed by atoms with van der Waals surface area (Å²) in [7, 11) is 0. The SMILES string of the molecule is Cc1c(COc2cc(OCc3cncc(C#N)c3)c(CNC[C@@H](CO)C(=O)O)cc2Cl)cccc1-c1cccc(OCCCN2CCC(O)(c3ccccc3)C2)c1C. The molecule has 1 aliphatic rings. The van der Waals surface area contributed by atoms with Crippen molar-refractivity contribution in [3.63, 3.8) is 0 Å². The number of aliphatic hydroxyl groups is 2. The molecule has 0 radical (unpaired) electrons. The molecule has 11 nitrogen and oxygen atoms in total. The summed E-state index contributed by atoms with van der Waals surface area (Å²) >= 11 is 6.76. The first kappa shape index (κ1) is 42.1. The summed E-state index contributed by atoms with van der Waals surface area (Å²) in [5.74, 6) is -0.372. The van der Waals surface area contributed by atoms with Gasteiger partial charge in [0, 0.05) is 62.3 Å². The highest BCUT2D eigenvalue weighted by molar-refractivity contribution is 6.32. The number of carbonyl (C=O) groups is 1. The minimum absolute atomic E-state index is 0.0413. The fraction of sp³-hybridized carbons (Fsp3) is 0.326. The quantitative estimate of drug-likeness (QED) is 0.0627. The van der Waals surface area contributed by atoms with Gasteiger partial charge in [-0.15, -0.1) is 0 Å². The van der Waals surface area contributed by atoms with Gasteiger partial charge in [0.25, 0.3) is 0 Å². The molecule has 302 valence electrons. The number of halogens is 1. The topological polar surface area (TPSA) is 157 Å². The van der Waals surface area contributed by atoms with E-state index in [1.165, 1.54) is 6.20 Å². The van der Waals surface area contributed by atoms with Crippen LogP contribution in [0.2, 0.25) is 5.02 Å². The predicted molar refractivity (Wildman–Crippen MR) is 222 cm³/mol. The van der Waals surface area contributed by atoms with Crippen molar-refractivity contribution in [3.05, 3.63) is 141 Å². The van der Waals surface area contributed by atoms with Gasteiger partial charge in [-0.05, 0) is 78.3 Å². The van der Waals surface area contributed by atoms with E-state index in [0.29, 0.717) is 46.4 Å². The summed E-state index contributed by atoms with van der Waals surface area (Å²) in [6.07, 6.45) is 4.65. The minimum atomic E-state index is -1.10. The van der Waals surface area contributed by atoms with Gasteiger partial charge < -0.3 is 34.8 Å². The van der Waals surface area contributed by atoms with Gasteiger partial charge in [-0.25, -0.2) is 0 Å². The number of hydrogen-bond acceptors (Lipinski definition) is 10. The van der Waals surface area contributed by atoms with E-state index in [-0.39, 0.29) is 26.3 Å². The Kier molecular flexibility index (Phi) is 14.4. The number of β-amino-alcohol motifs (C(OH)–C–C–N with tert-alkyl or cyclic N) is 1. The number of nitrogens with zero attached hydrogens (tertiary/aromatic N) is 3. The zero-order valence-corrected chi connectivity index (χ0v) is 33.5. The Morgan fingerprint density at radius 2 is 1.69 bits per heavy atom. The number of aromatic nitrogens is 1. The first-order chi connectivity index (χ1) is 28.1. The highest BCUT2D eigenvalue weighted by Gasteiger charge is 2.37. The summed E-state index contributed by atoms with van der Waals surface area (Å²) in [6.45, 7) is 7.13. The molecule has 58 heavy (non-hydrogen) atoms. The van der Waals surface area contributed by atoms with E-state index in [9.17, 15) is 25.4 Å². The lowest BCUT2D eigenvalue weighted by Crippen LogP contribution is -2.31. The molecule has 4 N–H and O–H groups in total. The Bertz CT molecular complexity index is 2230. The van der Waals surface area contributed by atoms with Gasteiger partial charge in [0.2, 0.25) is 0 Å². The second kappa shape index (κ2) is 19.8. The van der Waals surface area contributed by atoms with Crippen LogP contribution in [-0.2, 0) is 30.2 Å². The lowest BCUT2D eigenvalue weighted by molar-refractivity contribution is -0.142. The largest absolute Gasteiger partial charge is 0.493 e. The molecular weight excluding hydrogens is 756 g/mol. The van der Waals surface area contributed by atoms with E-state index in [4.69, 9.17) is 25.8 Å². The first-order valence-corrected chi connectivity index (χ1v) is 19.7. The van der Waals surface area contributed by atoms with Crippen LogP contribution < -0.4 is 19.5 Å². The molecule has 2 atom stereocenters. The van der Waals surface area contributed by atoms with Crippen molar-refractivity contribution in [1.82, 2.24) is 15.2 Å². The summed E-state index contributed by atoms with van der Waals surface area (Å²) in [5, 5.41) is 42.7. The number of rotatable bonds is 19. The summed E-state index contributed by atoms with van der Waals surface area (Å²) in [6, 6.07) is 29.3. The zero-order valence-electron chi connectivity index (χ0n) is 32.8. The monoisotopic (exact) mass is 804 g/mol. The zero-order chi connectivity index (χ0) is 41.1. The van der Waals surface area contributed by atoms with Crippen LogP contribution in [0.1, 0.15) is 51.8 Å². The second-order valence-electron chi connectivity index (χ2n) is 14.7. The fourth-order valence-corrected chi connectivity index (χ4v) is 7.47. The van der Waals surface area contributed by atoms with Gasteiger partial charge in [-0.3, -0.25) is 14.7 Å². The van der Waals surface area contributed by atoms with Crippen LogP contribution in [0.25, 0.3) is 11.1 Å². The number of benzene rings is 4. The number of hydrogen-bond donors (Lipinski definition) is 4. The molecule has 0 bridgehead atoms. The molecular formula is C46H49ClN4O7. The molecule has 1 unspecified atom stereocenters. The third kappa shape index (κ3) is 10.5. The van der Waals surface area contributed by atoms with Gasteiger partial charge in [-0.1, -0.05) is 72.3 Å². The normalized spacial score (nSPS) is 15.8. The van der Waals surface area contributed by atoms with Gasteiger partial charge >= 0.3 is 5.97 Å². The van der Waals surface area contributed by atoms with Crippen molar-refractivity contribution >= 4 is 17.6 Å². The molecule has 0 spiro atoms. The molecule has 6 rings (SSSR count). The van der Waals surface area contributed by atoms with E-state index in [0.717, 1.165) is 65.1 Å².